The first-order chi connectivity index (χ1) is 3.31. The second kappa shape index (κ2) is 1.20. The standard InChI is InChI=1S/C6H9.Sn.H/c1-2-5(1)6-3-4-6;;/h5H,1-4H2;;. The van der Waals surface area contributed by atoms with Gasteiger partial charge in [-0.05, 0) is 0 Å². The van der Waals surface area contributed by atoms with Gasteiger partial charge in [-0.25, -0.2) is 0 Å². The van der Waals surface area contributed by atoms with Crippen LogP contribution in [0.1, 0.15) is 25.7 Å². The van der Waals surface area contributed by atoms with Crippen molar-refractivity contribution in [2.45, 2.75) is 29.1 Å². The third kappa shape index (κ3) is 0.715. The summed E-state index contributed by atoms with van der Waals surface area (Å²) in [6.45, 7) is 0. The molecule has 0 aromatic heterocycles. The molecule has 2 aliphatic carbocycles. The molecule has 0 amide bonds. The topological polar surface area (TPSA) is 0 Å². The van der Waals surface area contributed by atoms with E-state index < -0.39 is 0 Å². The van der Waals surface area contributed by atoms with Crippen molar-refractivity contribution in [2.24, 2.45) is 5.92 Å². The predicted molar refractivity (Wildman–Crippen MR) is 31.8 cm³/mol. The fourth-order valence-electron chi connectivity index (χ4n) is 1.21. The molecule has 2 saturated carbocycles. The van der Waals surface area contributed by atoms with Crippen LogP contribution in [0.2, 0.25) is 3.43 Å². The number of hydrogen-bond donors (Lipinski definition) is 0. The van der Waals surface area contributed by atoms with Crippen molar-refractivity contribution in [1.29, 1.82) is 0 Å². The van der Waals surface area contributed by atoms with Crippen LogP contribution in [0.3, 0.4) is 0 Å². The molecule has 0 N–H and O–H groups in total. The molecule has 2 fully saturated rings. The second-order valence-corrected chi connectivity index (χ2v) is 6.29. The van der Waals surface area contributed by atoms with E-state index in [1.807, 2.05) is 0 Å². The molecule has 0 aromatic rings. The fourth-order valence-corrected chi connectivity index (χ4v) is 2.57. The zero-order valence-electron chi connectivity index (χ0n) is 4.48. The Morgan fingerprint density at radius 2 is 1.86 bits per heavy atom. The minimum atomic E-state index is 0.991. The molecule has 0 bridgehead atoms. The fraction of sp³-hybridized carbons (Fsp3) is 1.00. The van der Waals surface area contributed by atoms with Gasteiger partial charge >= 0.3 is 57.6 Å². The number of hydrogen-bond acceptors (Lipinski definition) is 0. The molecule has 2 rings (SSSR count). The molecular formula is C6H10Sn. The van der Waals surface area contributed by atoms with E-state index in [-0.39, 0.29) is 0 Å². The van der Waals surface area contributed by atoms with Gasteiger partial charge in [-0.2, -0.15) is 0 Å². The van der Waals surface area contributed by atoms with E-state index in [9.17, 15) is 0 Å². The summed E-state index contributed by atoms with van der Waals surface area (Å²) < 4.78 is 0.991. The Bertz CT molecular complexity index is 90.4. The molecule has 1 heteroatoms. The summed E-state index contributed by atoms with van der Waals surface area (Å²) in [7, 11) is 0. The normalized spacial score (nSPS) is 35.6. The maximum absolute atomic E-state index is 1.58. The average Bonchev–Trinajstić information content (AvgIpc) is 2.14. The van der Waals surface area contributed by atoms with Crippen molar-refractivity contribution in [3.63, 3.8) is 0 Å². The monoisotopic (exact) mass is 202 g/mol. The Labute approximate surface area is 57.8 Å². The van der Waals surface area contributed by atoms with Gasteiger partial charge in [0.1, 0.15) is 0 Å². The zero-order valence-corrected chi connectivity index (χ0v) is 7.78. The third-order valence-electron chi connectivity index (χ3n) is 2.22. The molecule has 0 saturated heterocycles. The molecule has 0 atom stereocenters. The summed E-state index contributed by atoms with van der Waals surface area (Å²) in [6, 6.07) is 0. The zero-order chi connectivity index (χ0) is 4.91. The first-order valence-electron chi connectivity index (χ1n) is 3.10. The molecule has 0 aromatic carbocycles. The van der Waals surface area contributed by atoms with Gasteiger partial charge in [0.25, 0.3) is 0 Å². The molecule has 0 aliphatic heterocycles. The van der Waals surface area contributed by atoms with Crippen LogP contribution in [0, 0.1) is 5.92 Å². The Morgan fingerprint density at radius 3 is 2.00 bits per heavy atom. The van der Waals surface area contributed by atoms with Crippen LogP contribution in [-0.4, -0.2) is 22.5 Å². The van der Waals surface area contributed by atoms with Crippen LogP contribution < -0.4 is 0 Å². The van der Waals surface area contributed by atoms with Gasteiger partial charge < -0.3 is 0 Å². The predicted octanol–water partition coefficient (Wildman–Crippen LogP) is 1.25. The molecule has 38 valence electrons. The summed E-state index contributed by atoms with van der Waals surface area (Å²) in [4.78, 5) is 0. The first-order valence-corrected chi connectivity index (χ1v) is 4.75. The summed E-state index contributed by atoms with van der Waals surface area (Å²) in [5.41, 5.74) is 0. The van der Waals surface area contributed by atoms with Crippen LogP contribution in [-0.2, 0) is 0 Å². The van der Waals surface area contributed by atoms with Crippen molar-refractivity contribution in [3.05, 3.63) is 0 Å². The molecule has 0 spiro atoms. The molecular weight excluding hydrogens is 191 g/mol. The van der Waals surface area contributed by atoms with Crippen LogP contribution in [0.15, 0.2) is 0 Å². The van der Waals surface area contributed by atoms with Crippen molar-refractivity contribution >= 4 is 22.5 Å². The van der Waals surface area contributed by atoms with Crippen molar-refractivity contribution in [3.8, 4) is 0 Å². The maximum atomic E-state index is 1.58. The van der Waals surface area contributed by atoms with Crippen molar-refractivity contribution in [2.75, 3.05) is 0 Å². The van der Waals surface area contributed by atoms with Gasteiger partial charge in [0.2, 0.25) is 0 Å². The van der Waals surface area contributed by atoms with Gasteiger partial charge in [-0.3, -0.25) is 0 Å². The third-order valence-corrected chi connectivity index (χ3v) is 5.21. The molecule has 2 aliphatic rings. The van der Waals surface area contributed by atoms with E-state index in [2.05, 4.69) is 0 Å². The van der Waals surface area contributed by atoms with Crippen molar-refractivity contribution in [1.82, 2.24) is 0 Å². The molecule has 7 heavy (non-hydrogen) atoms. The molecule has 0 heterocycles. The van der Waals surface area contributed by atoms with Gasteiger partial charge in [0.05, 0.1) is 0 Å². The van der Waals surface area contributed by atoms with Crippen LogP contribution >= 0.6 is 0 Å². The summed E-state index contributed by atoms with van der Waals surface area (Å²) >= 11 is 1.55. The second-order valence-electron chi connectivity index (χ2n) is 3.01. The summed E-state index contributed by atoms with van der Waals surface area (Å²) in [5.74, 6) is 1.22. The van der Waals surface area contributed by atoms with Gasteiger partial charge in [0, 0.05) is 0 Å². The number of rotatable bonds is 1. The van der Waals surface area contributed by atoms with E-state index in [0.29, 0.717) is 0 Å². The summed E-state index contributed by atoms with van der Waals surface area (Å²) in [5, 5.41) is 0. The van der Waals surface area contributed by atoms with Crippen LogP contribution in [0.25, 0.3) is 0 Å². The average molecular weight is 201 g/mol. The summed E-state index contributed by atoms with van der Waals surface area (Å²) in [6.07, 6.45) is 6.31. The van der Waals surface area contributed by atoms with E-state index in [4.69, 9.17) is 0 Å². The van der Waals surface area contributed by atoms with Crippen LogP contribution in [0.4, 0.5) is 0 Å². The molecule has 2 radical (unpaired) electrons. The van der Waals surface area contributed by atoms with E-state index in [1.165, 1.54) is 5.92 Å². The van der Waals surface area contributed by atoms with Gasteiger partial charge in [0.15, 0.2) is 0 Å². The molecule has 0 nitrogen and oxygen atoms in total. The minimum absolute atomic E-state index is 0.991. The quantitative estimate of drug-likeness (QED) is 0.560. The Kier molecular flexibility index (Phi) is 0.799. The SMILES string of the molecule is [SnH][C]1(C2CC2)CC1. The first kappa shape index (κ1) is 4.66. The van der Waals surface area contributed by atoms with Gasteiger partial charge in [-0.15, -0.1) is 0 Å². The van der Waals surface area contributed by atoms with Crippen LogP contribution in [0.5, 0.6) is 0 Å². The molecule has 0 unspecified atom stereocenters. The Balaban J connectivity index is 2.04. The van der Waals surface area contributed by atoms with E-state index in [0.717, 1.165) is 3.43 Å². The van der Waals surface area contributed by atoms with Crippen molar-refractivity contribution < 1.29 is 0 Å². The van der Waals surface area contributed by atoms with E-state index in [1.54, 1.807) is 48.2 Å². The van der Waals surface area contributed by atoms with E-state index >= 15 is 0 Å². The Hall–Kier alpha value is 0.799. The Morgan fingerprint density at radius 1 is 1.29 bits per heavy atom. The van der Waals surface area contributed by atoms with Gasteiger partial charge in [-0.1, -0.05) is 0 Å².